The van der Waals surface area contributed by atoms with Gasteiger partial charge in [-0.2, -0.15) is 0 Å². The molecule has 0 aliphatic rings. The molecular formula is C100H211N11O11Sc11. The number of aliphatic hydroxyl groups is 11. The van der Waals surface area contributed by atoms with Crippen molar-refractivity contribution in [3.63, 3.8) is 0 Å². The van der Waals surface area contributed by atoms with Crippen molar-refractivity contribution >= 4 is 62.8 Å². The second-order valence-electron chi connectivity index (χ2n) is 34.3. The molecule has 0 saturated carbocycles. The molecule has 0 aromatic rings. The SMILES string of the molecule is CCC(C)(O)C(C)=NC.CCC(C)(O)C(C)=NC(C)C.CCC(O)(C(C)=NC)C(C)C.CCC(O)(CC)C(C)=NC.CCC(O)(CC)C(C)=NC(C)C.CCCC(O)(CC)C(C)=NC.CCCC(O)(CC)C(C)=NC(C)C.CCCC(O)(CC)C(C)=NCC.CCN=C(C)C(C)(O)CC.CCN=C(C)C(O)(CC)C(C)C.CCN=C(C)C(O)(CC)CC.[Sc].[Sc].[Sc].[Sc].[Sc].[Sc].[Sc].[Sc].[Sc].[Sc].[Sc]. The molecular weight excluding hydrogens is 2030 g/mol. The van der Waals surface area contributed by atoms with Gasteiger partial charge in [0.15, 0.2) is 0 Å². The number of rotatable bonds is 40. The first kappa shape index (κ1) is 193. The van der Waals surface area contributed by atoms with Crippen molar-refractivity contribution in [3.05, 3.63) is 0 Å². The Kier molecular flexibility index (Phi) is 156. The summed E-state index contributed by atoms with van der Waals surface area (Å²) in [4.78, 5) is 45.8. The van der Waals surface area contributed by atoms with Crippen LogP contribution in [0.2, 0.25) is 0 Å². The molecule has 0 aliphatic carbocycles. The van der Waals surface area contributed by atoms with Crippen LogP contribution in [-0.2, 0) is 284 Å². The van der Waals surface area contributed by atoms with Gasteiger partial charge in [0, 0.05) is 420 Å². The van der Waals surface area contributed by atoms with Crippen molar-refractivity contribution in [2.45, 2.75) is 520 Å². The molecule has 11 radical (unpaired) electrons. The number of aliphatic imine (C=N–C) groups is 11. The quantitative estimate of drug-likeness (QED) is 0.0256. The molecule has 0 saturated heterocycles. The molecule has 0 rings (SSSR count). The van der Waals surface area contributed by atoms with Gasteiger partial charge in [-0.15, -0.1) is 0 Å². The Hall–Kier alpha value is 5.50. The Labute approximate surface area is 1030 Å². The number of hydrogen-bond acceptors (Lipinski definition) is 22. The maximum atomic E-state index is 10.2. The molecule has 11 N–H and O–H groups in total. The third-order valence-corrected chi connectivity index (χ3v) is 24.2. The van der Waals surface area contributed by atoms with Crippen molar-refractivity contribution in [2.24, 2.45) is 66.8 Å². The van der Waals surface area contributed by atoms with Gasteiger partial charge in [-0.05, 0) is 287 Å². The van der Waals surface area contributed by atoms with Crippen LogP contribution in [0.5, 0.6) is 0 Å². The van der Waals surface area contributed by atoms with Gasteiger partial charge in [0.05, 0.1) is 16.8 Å². The Bertz CT molecular complexity index is 2980. The molecule has 133 heavy (non-hydrogen) atoms. The van der Waals surface area contributed by atoms with Crippen LogP contribution < -0.4 is 0 Å². The predicted octanol–water partition coefficient (Wildman–Crippen LogP) is 22.3. The molecule has 0 amide bonds. The van der Waals surface area contributed by atoms with Crippen molar-refractivity contribution in [1.82, 2.24) is 0 Å². The first-order valence-electron chi connectivity index (χ1n) is 47.2. The molecule has 0 fully saturated rings. The normalized spacial score (nSPS) is 15.7. The van der Waals surface area contributed by atoms with E-state index < -0.39 is 61.6 Å². The minimum absolute atomic E-state index is 0. The topological polar surface area (TPSA) is 358 Å². The maximum absolute atomic E-state index is 10.2. The van der Waals surface area contributed by atoms with E-state index in [0.717, 1.165) is 217 Å². The molecule has 0 aromatic heterocycles. The molecule has 0 heterocycles. The molecule has 33 heteroatoms. The zero-order chi connectivity index (χ0) is 99.5. The Morgan fingerprint density at radius 3 is 0.564 bits per heavy atom. The van der Waals surface area contributed by atoms with E-state index in [1.54, 1.807) is 49.0 Å². The first-order chi connectivity index (χ1) is 55.8. The van der Waals surface area contributed by atoms with E-state index >= 15 is 0 Å². The van der Waals surface area contributed by atoms with E-state index in [1.807, 2.05) is 270 Å². The van der Waals surface area contributed by atoms with Crippen LogP contribution in [0.3, 0.4) is 0 Å². The molecule has 8 unspecified atom stereocenters. The summed E-state index contributed by atoms with van der Waals surface area (Å²) < 4.78 is 0. The van der Waals surface area contributed by atoms with Crippen LogP contribution >= 0.6 is 0 Å². The van der Waals surface area contributed by atoms with E-state index in [1.165, 1.54) is 0 Å². The van der Waals surface area contributed by atoms with Gasteiger partial charge >= 0.3 is 0 Å². The number of nitrogens with zero attached hydrogens (tertiary/aromatic N) is 11. The largest absolute Gasteiger partial charge is 0.384 e. The van der Waals surface area contributed by atoms with Crippen LogP contribution in [0, 0.1) is 11.8 Å². The standard InChI is InChI=1S/C11H23NO.3C10H21NO.4C9H19NO.2C8H17NO.C7H15NO.11Sc/c1-6-8-11(13,7-2)10(5)12-9(3)4;1-6-10(12,8(3)4)9(5)11-7-2;1-6-10(12,7-2)9(5)11-8(3)4;1-5-8-10(12,6-2)9(4)11-7-3;1-6-9(11,7(2)3)8(4)10-5;1-6-9(5,11)8(4)10-7(2)3;1-5-7-9(11,6-2)8(3)10-4;1-5-9(11,6-2)8(4)10-7-3;1-5-8(10,6-2)7(3)9-4;1-5-8(4,10)7(3)9-6-2;1-5-7(3,9)6(2)8-4;;;;;;;;;;;/h9,13H,6-8H2,1-5H3;2*8,12H,6-7H2,1-5H3;12H,5-8H2,1-4H3;2*7,11H,6H2,1-5H3;2*11H,5-7H2,1-4H3;2*10H,5-6H2,1-4H3;9H,5H2,1-4H3;;;;;;;;;;;. The summed E-state index contributed by atoms with van der Waals surface area (Å²) in [7, 11) is 6.86. The zero-order valence-corrected chi connectivity index (χ0v) is 116. The van der Waals surface area contributed by atoms with Crippen LogP contribution in [0.4, 0.5) is 0 Å². The van der Waals surface area contributed by atoms with Gasteiger partial charge in [0.25, 0.3) is 0 Å². The summed E-state index contributed by atoms with van der Waals surface area (Å²) in [5.41, 5.74) is 1.85. The van der Waals surface area contributed by atoms with Gasteiger partial charge in [-0.1, -0.05) is 165 Å². The second-order valence-corrected chi connectivity index (χ2v) is 34.3. The monoisotopic (exact) mass is 2240 g/mol. The molecule has 22 nitrogen and oxygen atoms in total. The summed E-state index contributed by atoms with van der Waals surface area (Å²) in [6.07, 6.45) is 15.8. The molecule has 0 aliphatic heterocycles. The maximum Gasteiger partial charge on any atom is 0.104 e. The van der Waals surface area contributed by atoms with Gasteiger partial charge in [-0.3, -0.25) is 54.9 Å². The average Bonchev–Trinajstić information content (AvgIpc) is 0.842. The third-order valence-electron chi connectivity index (χ3n) is 24.2. The minimum Gasteiger partial charge on any atom is -0.384 e. The fourth-order valence-corrected chi connectivity index (χ4v) is 12.2. The van der Waals surface area contributed by atoms with Crippen LogP contribution in [0.15, 0.2) is 54.9 Å². The molecule has 0 aromatic carbocycles. The smallest absolute Gasteiger partial charge is 0.104 e. The average molecular weight is 2240 g/mol. The van der Waals surface area contributed by atoms with Crippen molar-refractivity contribution in [1.29, 1.82) is 0 Å². The first-order valence-corrected chi connectivity index (χ1v) is 47.2. The van der Waals surface area contributed by atoms with E-state index in [0.29, 0.717) is 0 Å². The van der Waals surface area contributed by atoms with E-state index in [4.69, 9.17) is 0 Å². The van der Waals surface area contributed by atoms with Gasteiger partial charge in [-0.25, -0.2) is 0 Å². The Morgan fingerprint density at radius 2 is 0.376 bits per heavy atom. The summed E-state index contributed by atoms with van der Waals surface area (Å²) in [5, 5.41) is 109. The fraction of sp³-hybridized carbons (Fsp3) is 0.890. The Morgan fingerprint density at radius 1 is 0.203 bits per heavy atom. The third kappa shape index (κ3) is 87.9. The molecule has 8 atom stereocenters. The molecule has 0 spiro atoms. The van der Waals surface area contributed by atoms with Crippen molar-refractivity contribution in [3.8, 4) is 0 Å². The summed E-state index contributed by atoms with van der Waals surface area (Å²) in [5.74, 6) is 0.467. The van der Waals surface area contributed by atoms with Crippen molar-refractivity contribution in [2.75, 3.05) is 54.4 Å². The van der Waals surface area contributed by atoms with E-state index in [-0.39, 0.29) is 314 Å². The predicted molar refractivity (Wildman–Crippen MR) is 545 cm³/mol. The minimum atomic E-state index is -0.718. The zero-order valence-electron chi connectivity index (χ0n) is 96.0. The van der Waals surface area contributed by atoms with E-state index in [9.17, 15) is 56.2 Å². The van der Waals surface area contributed by atoms with Gasteiger partial charge < -0.3 is 56.2 Å². The van der Waals surface area contributed by atoms with Crippen LogP contribution in [-0.4, -0.2) is 253 Å². The van der Waals surface area contributed by atoms with Crippen LogP contribution in [0.1, 0.15) is 440 Å². The van der Waals surface area contributed by atoms with E-state index in [2.05, 4.69) is 75.7 Å². The summed E-state index contributed by atoms with van der Waals surface area (Å²) in [6.45, 7) is 91.3. The summed E-state index contributed by atoms with van der Waals surface area (Å²) >= 11 is 0. The van der Waals surface area contributed by atoms with Crippen LogP contribution in [0.25, 0.3) is 0 Å². The van der Waals surface area contributed by atoms with Gasteiger partial charge in [0.2, 0.25) is 0 Å². The molecule has 0 bridgehead atoms. The van der Waals surface area contributed by atoms with Crippen molar-refractivity contribution < 1.29 is 340 Å². The Balaban J connectivity index is -0.0000000506. The molecule has 765 valence electrons. The summed E-state index contributed by atoms with van der Waals surface area (Å²) in [6, 6.07) is 0.817. The number of hydrogen-bond donors (Lipinski definition) is 11. The second kappa shape index (κ2) is 107. The fourth-order valence-electron chi connectivity index (χ4n) is 12.2. The van der Waals surface area contributed by atoms with Gasteiger partial charge in [0.1, 0.15) is 44.8 Å².